The monoisotopic (exact) mass is 1020 g/mol. The second kappa shape index (κ2) is 25.1. The van der Waals surface area contributed by atoms with Crippen LogP contribution >= 0.6 is 0 Å². The second-order valence-corrected chi connectivity index (χ2v) is 24.7. The van der Waals surface area contributed by atoms with Gasteiger partial charge in [0.05, 0.1) is 35.2 Å². The molecule has 0 amide bonds. The molecule has 392 valence electrons. The van der Waals surface area contributed by atoms with E-state index >= 15 is 0 Å². The molecule has 7 N–H and O–H groups in total. The number of carboxylic acid groups (broad SMARTS) is 1. The normalized spacial score (nSPS) is 12.5. The van der Waals surface area contributed by atoms with Gasteiger partial charge >= 0.3 is 5.97 Å². The lowest BCUT2D eigenvalue weighted by Crippen LogP contribution is -2.48. The minimum absolute atomic E-state index is 0. The van der Waals surface area contributed by atoms with Gasteiger partial charge in [0, 0.05) is 72.1 Å². The maximum absolute atomic E-state index is 13.1. The summed E-state index contributed by atoms with van der Waals surface area (Å²) in [5.74, 6) is -0.896. The van der Waals surface area contributed by atoms with E-state index in [-0.39, 0.29) is 37.0 Å². The molecule has 18 nitrogen and oxygen atoms in total. The van der Waals surface area contributed by atoms with Crippen LogP contribution in [0.1, 0.15) is 97.1 Å². The Bertz CT molecular complexity index is 3180. The van der Waals surface area contributed by atoms with Gasteiger partial charge < -0.3 is 39.3 Å². The number of aryl methyl sites for hydroxylation is 6. The van der Waals surface area contributed by atoms with Crippen molar-refractivity contribution >= 4 is 59.4 Å². The van der Waals surface area contributed by atoms with E-state index in [1.165, 1.54) is 0 Å². The molecule has 0 spiro atoms. The Hall–Kier alpha value is -7.06. The fraction of sp³-hybridized carbons (Fsp3) is 0.407. The molecule has 7 aromatic rings. The van der Waals surface area contributed by atoms with E-state index in [2.05, 4.69) is 72.0 Å². The van der Waals surface area contributed by atoms with Gasteiger partial charge in [0.15, 0.2) is 8.32 Å². The molecule has 19 heteroatoms. The Balaban J connectivity index is 0.000000246. The van der Waals surface area contributed by atoms with Gasteiger partial charge in [-0.05, 0) is 127 Å². The van der Waals surface area contributed by atoms with Crippen molar-refractivity contribution in [2.24, 2.45) is 30.7 Å². The van der Waals surface area contributed by atoms with E-state index < -0.39 is 20.2 Å². The number of aliphatic imine (C=N–C) groups is 1. The number of aliphatic hydroxyl groups is 1. The van der Waals surface area contributed by atoms with E-state index in [1.807, 2.05) is 76.2 Å². The van der Waals surface area contributed by atoms with E-state index in [9.17, 15) is 19.5 Å². The standard InChI is InChI=1S/C22H23N5O3.C18H19N5O2.C13H28O3Si.CH4/c1-12-5-6-16(24-22-25-20(30-26-22)13(2)11-28)9-17(12)18-8-15-10-23-14(3)7-19(15)27(4)21(18)29;1-10-4-5-13(21-18(19)22-25)8-14(10)15-7-12-9-20-11(2)6-16(12)23(3)17(15)24;1-9(2)17(10(3)4,11(5)6)16-8-12(7)13(14)15;/h5-10,13,28H,11H2,1-4H3,(H,24,26);4-9,25H,1-3H3,(H3,19,21,22);9-12H,8H2,1-7H3,(H,14,15);1H4. The highest BCUT2D eigenvalue weighted by molar-refractivity contribution is 6.77. The zero-order valence-corrected chi connectivity index (χ0v) is 44.8. The van der Waals surface area contributed by atoms with Crippen LogP contribution in [0.25, 0.3) is 44.1 Å². The molecule has 7 rings (SSSR count). The molecule has 0 aliphatic carbocycles. The summed E-state index contributed by atoms with van der Waals surface area (Å²) < 4.78 is 14.6. The predicted octanol–water partition coefficient (Wildman–Crippen LogP) is 10.1. The van der Waals surface area contributed by atoms with Crippen LogP contribution in [0.4, 0.5) is 17.3 Å². The molecule has 5 heterocycles. The van der Waals surface area contributed by atoms with Crippen LogP contribution in [0.5, 0.6) is 0 Å². The molecule has 0 saturated heterocycles. The average Bonchev–Trinajstić information content (AvgIpc) is 3.81. The molecule has 0 bridgehead atoms. The number of hydrogen-bond acceptors (Lipinski definition) is 13. The van der Waals surface area contributed by atoms with E-state index in [0.717, 1.165) is 61.1 Å². The van der Waals surface area contributed by atoms with Crippen molar-refractivity contribution in [1.29, 1.82) is 0 Å². The number of nitrogens with zero attached hydrogens (tertiary/aromatic N) is 7. The number of carboxylic acids is 1. The fourth-order valence-corrected chi connectivity index (χ4v) is 14.5. The van der Waals surface area contributed by atoms with Crippen LogP contribution in [0.2, 0.25) is 16.6 Å². The molecule has 2 aromatic carbocycles. The molecular weight excluding hydrogens is 945 g/mol. The molecule has 5 aromatic heterocycles. The highest BCUT2D eigenvalue weighted by atomic mass is 28.4. The van der Waals surface area contributed by atoms with Crippen molar-refractivity contribution in [3.63, 3.8) is 0 Å². The SMILES string of the molecule is C.CC(CO[Si](C(C)C)(C(C)C)C(C)C)C(=O)O.Cc1cc2c(cn1)cc(-c1cc(N=C(N)NO)ccc1C)c(=O)n2C.Cc1cc2c(cn1)cc(-c1cc(Nc3noc(C(C)CO)n3)ccc1C)c(=O)n2C. The summed E-state index contributed by atoms with van der Waals surface area (Å²) in [5, 5.41) is 35.7. The van der Waals surface area contributed by atoms with Gasteiger partial charge in [-0.3, -0.25) is 29.6 Å². The molecule has 2 unspecified atom stereocenters. The first-order valence-electron chi connectivity index (χ1n) is 23.9. The number of fused-ring (bicyclic) bond motifs is 2. The Labute approximate surface area is 428 Å². The van der Waals surface area contributed by atoms with Crippen LogP contribution < -0.4 is 27.6 Å². The van der Waals surface area contributed by atoms with Gasteiger partial charge in [-0.25, -0.2) is 10.5 Å². The zero-order valence-electron chi connectivity index (χ0n) is 43.8. The Morgan fingerprint density at radius 1 is 0.767 bits per heavy atom. The number of hydrogen-bond donors (Lipinski definition) is 6. The number of pyridine rings is 4. The number of nitrogens with one attached hydrogen (secondary N) is 2. The van der Waals surface area contributed by atoms with Crippen molar-refractivity contribution in [3.05, 3.63) is 122 Å². The number of aromatic nitrogens is 6. The summed E-state index contributed by atoms with van der Waals surface area (Å²) in [6, 6.07) is 18.6. The maximum Gasteiger partial charge on any atom is 0.308 e. The molecule has 2 atom stereocenters. The topological polar surface area (TPSA) is 258 Å². The number of aliphatic carboxylic acids is 1. The summed E-state index contributed by atoms with van der Waals surface area (Å²) in [5.41, 5.74) is 17.9. The van der Waals surface area contributed by atoms with Crippen LogP contribution in [-0.2, 0) is 23.3 Å². The lowest BCUT2D eigenvalue weighted by Gasteiger charge is -2.42. The molecule has 0 aliphatic rings. The highest BCUT2D eigenvalue weighted by Crippen LogP contribution is 2.42. The van der Waals surface area contributed by atoms with Crippen molar-refractivity contribution in [2.45, 2.75) is 113 Å². The maximum atomic E-state index is 13.1. The predicted molar refractivity (Wildman–Crippen MR) is 294 cm³/mol. The van der Waals surface area contributed by atoms with Gasteiger partial charge in [0.2, 0.25) is 11.9 Å². The minimum Gasteiger partial charge on any atom is -0.481 e. The third-order valence-corrected chi connectivity index (χ3v) is 19.1. The van der Waals surface area contributed by atoms with E-state index in [4.69, 9.17) is 25.0 Å². The van der Waals surface area contributed by atoms with Gasteiger partial charge in [0.1, 0.15) is 0 Å². The number of anilines is 2. The molecule has 0 fully saturated rings. The van der Waals surface area contributed by atoms with Crippen LogP contribution in [0.3, 0.4) is 0 Å². The fourth-order valence-electron chi connectivity index (χ4n) is 8.97. The molecule has 73 heavy (non-hydrogen) atoms. The summed E-state index contributed by atoms with van der Waals surface area (Å²) in [6.45, 7) is 24.7. The number of rotatable bonds is 14. The number of guanidine groups is 1. The number of carbonyl (C=O) groups is 1. The van der Waals surface area contributed by atoms with Crippen LogP contribution in [-0.4, -0.2) is 78.1 Å². The van der Waals surface area contributed by atoms with E-state index in [1.54, 1.807) is 67.1 Å². The van der Waals surface area contributed by atoms with E-state index in [0.29, 0.717) is 51.9 Å². The lowest BCUT2D eigenvalue weighted by molar-refractivity contribution is -0.142. The quantitative estimate of drug-likeness (QED) is 0.0256. The third-order valence-electron chi connectivity index (χ3n) is 13.0. The van der Waals surface area contributed by atoms with Crippen molar-refractivity contribution in [3.8, 4) is 22.3 Å². The van der Waals surface area contributed by atoms with Crippen molar-refractivity contribution in [1.82, 2.24) is 34.7 Å². The van der Waals surface area contributed by atoms with Gasteiger partial charge in [-0.15, -0.1) is 0 Å². The first kappa shape index (κ1) is 58.5. The summed E-state index contributed by atoms with van der Waals surface area (Å²) >= 11 is 0. The third kappa shape index (κ3) is 13.5. The van der Waals surface area contributed by atoms with Gasteiger partial charge in [-0.2, -0.15) is 4.98 Å². The molecular formula is C54H74N10O8Si. The van der Waals surface area contributed by atoms with Crippen LogP contribution in [0.15, 0.2) is 92.2 Å². The van der Waals surface area contributed by atoms with Gasteiger partial charge in [-0.1, -0.05) is 68.0 Å². The zero-order chi connectivity index (χ0) is 53.4. The number of nitrogens with two attached hydrogens (primary N) is 1. The largest absolute Gasteiger partial charge is 0.481 e. The summed E-state index contributed by atoms with van der Waals surface area (Å²) in [7, 11) is 1.62. The van der Waals surface area contributed by atoms with Crippen molar-refractivity contribution in [2.75, 3.05) is 18.5 Å². The Kier molecular flexibility index (Phi) is 20.1. The molecule has 0 radical (unpaired) electrons. The summed E-state index contributed by atoms with van der Waals surface area (Å²) in [4.78, 5) is 53.8. The summed E-state index contributed by atoms with van der Waals surface area (Å²) in [6.07, 6.45) is 3.55. The van der Waals surface area contributed by atoms with Crippen LogP contribution in [0, 0.1) is 33.6 Å². The second-order valence-electron chi connectivity index (χ2n) is 19.3. The number of benzene rings is 2. The number of aliphatic hydroxyl groups excluding tert-OH is 1. The first-order valence-corrected chi connectivity index (χ1v) is 26.0. The molecule has 0 saturated carbocycles. The highest BCUT2D eigenvalue weighted by Gasteiger charge is 2.45. The lowest BCUT2D eigenvalue weighted by atomic mass is 9.99. The smallest absolute Gasteiger partial charge is 0.308 e. The van der Waals surface area contributed by atoms with Gasteiger partial charge in [0.25, 0.3) is 17.1 Å². The Morgan fingerprint density at radius 3 is 1.73 bits per heavy atom. The van der Waals surface area contributed by atoms with Crippen molar-refractivity contribution < 1.29 is 29.2 Å². The Morgan fingerprint density at radius 2 is 1.26 bits per heavy atom. The minimum atomic E-state index is -1.90. The first-order chi connectivity index (χ1) is 33.9. The average molecular weight is 1020 g/mol. The number of hydroxylamine groups is 1. The molecule has 0 aliphatic heterocycles.